The Balaban J connectivity index is 2.00. The second kappa shape index (κ2) is 5.75. The minimum absolute atomic E-state index is 0.642. The smallest absolute Gasteiger partial charge is 0.189 e. The second-order valence-corrected chi connectivity index (χ2v) is 6.83. The molecule has 5 heteroatoms. The van der Waals surface area contributed by atoms with Gasteiger partial charge in [-0.3, -0.25) is 4.31 Å². The molecule has 0 spiro atoms. The molecule has 2 aliphatic rings. The van der Waals surface area contributed by atoms with Crippen molar-refractivity contribution in [1.29, 1.82) is 0 Å². The Bertz CT molecular complexity index is 495. The van der Waals surface area contributed by atoms with Crippen molar-refractivity contribution >= 4 is 35.6 Å². The topological polar surface area (TPSA) is 29.0 Å². The van der Waals surface area contributed by atoms with Gasteiger partial charge in [-0.05, 0) is 43.5 Å². The first-order valence-corrected chi connectivity index (χ1v) is 8.90. The van der Waals surface area contributed by atoms with Crippen LogP contribution in [0.4, 0.5) is 5.82 Å². The van der Waals surface area contributed by atoms with Crippen LogP contribution in [0.5, 0.6) is 0 Å². The number of anilines is 1. The molecule has 19 heavy (non-hydrogen) atoms. The number of nitrogens with zero attached hydrogens (tertiary/aromatic N) is 3. The molecule has 1 aliphatic heterocycles. The lowest BCUT2D eigenvalue weighted by molar-refractivity contribution is 0.698. The molecule has 0 radical (unpaired) electrons. The van der Waals surface area contributed by atoms with E-state index in [0.29, 0.717) is 6.04 Å². The minimum Gasteiger partial charge on any atom is -0.293 e. The average molecular weight is 293 g/mol. The molecule has 0 atom stereocenters. The molecule has 0 bridgehead atoms. The highest BCUT2D eigenvalue weighted by Crippen LogP contribution is 2.43. The van der Waals surface area contributed by atoms with E-state index in [1.807, 2.05) is 24.4 Å². The molecule has 0 amide bonds. The molecule has 3 nitrogen and oxygen atoms in total. The normalized spacial score (nSPS) is 19.5. The van der Waals surface area contributed by atoms with E-state index in [-0.39, 0.29) is 0 Å². The van der Waals surface area contributed by atoms with Crippen molar-refractivity contribution in [2.75, 3.05) is 10.6 Å². The monoisotopic (exact) mass is 293 g/mol. The van der Waals surface area contributed by atoms with Crippen molar-refractivity contribution in [2.24, 2.45) is 0 Å². The average Bonchev–Trinajstić information content (AvgIpc) is 2.99. The van der Waals surface area contributed by atoms with E-state index < -0.39 is 0 Å². The first-order valence-electron chi connectivity index (χ1n) is 6.90. The third kappa shape index (κ3) is 2.63. The highest BCUT2D eigenvalue weighted by atomic mass is 32.2. The van der Waals surface area contributed by atoms with Crippen LogP contribution < -0.4 is 4.31 Å². The number of allylic oxidation sites excluding steroid dienone is 1. The van der Waals surface area contributed by atoms with Crippen LogP contribution in [0, 0.1) is 0 Å². The van der Waals surface area contributed by atoms with Gasteiger partial charge >= 0.3 is 0 Å². The molecule has 1 saturated carbocycles. The first kappa shape index (κ1) is 13.3. The van der Waals surface area contributed by atoms with E-state index in [4.69, 9.17) is 4.98 Å². The van der Waals surface area contributed by atoms with Crippen LogP contribution >= 0.6 is 23.7 Å². The quantitative estimate of drug-likeness (QED) is 0.469. The van der Waals surface area contributed by atoms with Gasteiger partial charge in [0.15, 0.2) is 11.0 Å². The maximum Gasteiger partial charge on any atom is 0.189 e. The summed E-state index contributed by atoms with van der Waals surface area (Å²) < 4.78 is 2.45. The Morgan fingerprint density at radius 1 is 1.42 bits per heavy atom. The lowest BCUT2D eigenvalue weighted by Gasteiger charge is -2.33. The fourth-order valence-electron chi connectivity index (χ4n) is 2.67. The summed E-state index contributed by atoms with van der Waals surface area (Å²) in [5, 5.41) is 0.871. The SMILES string of the molecule is CCC1=Cc2cnc(SC)nc2N(C2CCCC2)S1. The van der Waals surface area contributed by atoms with E-state index in [1.54, 1.807) is 11.8 Å². The van der Waals surface area contributed by atoms with Gasteiger partial charge in [-0.1, -0.05) is 31.5 Å². The molecule has 1 aromatic heterocycles. The standard InChI is InChI=1S/C14H19N3S2/c1-3-12-8-10-9-15-14(18-2)16-13(10)17(19-12)11-6-4-5-7-11/h8-9,11H,3-7H2,1-2H3. The zero-order valence-corrected chi connectivity index (χ0v) is 13.1. The van der Waals surface area contributed by atoms with Crippen LogP contribution in [0.1, 0.15) is 44.6 Å². The van der Waals surface area contributed by atoms with Gasteiger partial charge in [0.05, 0.1) is 0 Å². The van der Waals surface area contributed by atoms with Gasteiger partial charge in [0.1, 0.15) is 0 Å². The Kier molecular flexibility index (Phi) is 4.03. The Labute approximate surface area is 123 Å². The van der Waals surface area contributed by atoms with Crippen LogP contribution in [0.25, 0.3) is 6.08 Å². The van der Waals surface area contributed by atoms with Gasteiger partial charge in [-0.2, -0.15) is 0 Å². The molecule has 1 fully saturated rings. The number of fused-ring (bicyclic) bond motifs is 1. The molecule has 1 aliphatic carbocycles. The largest absolute Gasteiger partial charge is 0.293 e. The minimum atomic E-state index is 0.642. The van der Waals surface area contributed by atoms with Gasteiger partial charge in [0, 0.05) is 22.7 Å². The van der Waals surface area contributed by atoms with Gasteiger partial charge in [0.2, 0.25) is 0 Å². The number of aromatic nitrogens is 2. The number of rotatable bonds is 3. The van der Waals surface area contributed by atoms with Crippen molar-refractivity contribution < 1.29 is 0 Å². The van der Waals surface area contributed by atoms with Crippen LogP contribution in [-0.2, 0) is 0 Å². The fourth-order valence-corrected chi connectivity index (χ4v) is 4.16. The summed E-state index contributed by atoms with van der Waals surface area (Å²) in [6, 6.07) is 0.642. The van der Waals surface area contributed by atoms with Crippen LogP contribution in [-0.4, -0.2) is 22.3 Å². The summed E-state index contributed by atoms with van der Waals surface area (Å²) in [6.07, 6.45) is 12.6. The molecule has 0 saturated heterocycles. The predicted octanol–water partition coefficient (Wildman–Crippen LogP) is 4.36. The molecular formula is C14H19N3S2. The molecule has 0 N–H and O–H groups in total. The van der Waals surface area contributed by atoms with E-state index in [1.165, 1.54) is 36.2 Å². The number of hydrogen-bond acceptors (Lipinski definition) is 5. The summed E-state index contributed by atoms with van der Waals surface area (Å²) in [6.45, 7) is 2.22. The van der Waals surface area contributed by atoms with Crippen LogP contribution in [0.3, 0.4) is 0 Å². The van der Waals surface area contributed by atoms with Crippen molar-refractivity contribution in [2.45, 2.75) is 50.2 Å². The second-order valence-electron chi connectivity index (χ2n) is 4.96. The highest BCUT2D eigenvalue weighted by Gasteiger charge is 2.29. The first-order chi connectivity index (χ1) is 9.31. The van der Waals surface area contributed by atoms with E-state index in [9.17, 15) is 0 Å². The lowest BCUT2D eigenvalue weighted by atomic mass is 10.2. The maximum absolute atomic E-state index is 4.74. The van der Waals surface area contributed by atoms with E-state index in [0.717, 1.165) is 17.4 Å². The lowest BCUT2D eigenvalue weighted by Crippen LogP contribution is -2.29. The van der Waals surface area contributed by atoms with Crippen molar-refractivity contribution in [3.63, 3.8) is 0 Å². The third-order valence-corrected chi connectivity index (χ3v) is 5.57. The molecule has 0 unspecified atom stereocenters. The summed E-state index contributed by atoms with van der Waals surface area (Å²) in [5.74, 6) is 1.12. The molecule has 102 valence electrons. The van der Waals surface area contributed by atoms with Crippen molar-refractivity contribution in [3.05, 3.63) is 16.7 Å². The molecular weight excluding hydrogens is 274 g/mol. The van der Waals surface area contributed by atoms with Gasteiger partial charge in [-0.15, -0.1) is 0 Å². The molecule has 1 aromatic rings. The van der Waals surface area contributed by atoms with Gasteiger partial charge < -0.3 is 0 Å². The van der Waals surface area contributed by atoms with E-state index >= 15 is 0 Å². The summed E-state index contributed by atoms with van der Waals surface area (Å²) in [5.41, 5.74) is 1.18. The Morgan fingerprint density at radius 2 is 2.21 bits per heavy atom. The fraction of sp³-hybridized carbons (Fsp3) is 0.571. The molecule has 2 heterocycles. The van der Waals surface area contributed by atoms with Crippen LogP contribution in [0.15, 0.2) is 16.3 Å². The van der Waals surface area contributed by atoms with E-state index in [2.05, 4.69) is 22.3 Å². The molecule has 3 rings (SSSR count). The predicted molar refractivity (Wildman–Crippen MR) is 84.4 cm³/mol. The highest BCUT2D eigenvalue weighted by molar-refractivity contribution is 8.04. The van der Waals surface area contributed by atoms with Gasteiger partial charge in [0.25, 0.3) is 0 Å². The van der Waals surface area contributed by atoms with Crippen molar-refractivity contribution in [3.8, 4) is 0 Å². The zero-order chi connectivity index (χ0) is 13.2. The number of hydrogen-bond donors (Lipinski definition) is 0. The third-order valence-electron chi connectivity index (χ3n) is 3.70. The summed E-state index contributed by atoms with van der Waals surface area (Å²) in [7, 11) is 0. The summed E-state index contributed by atoms with van der Waals surface area (Å²) >= 11 is 3.50. The molecule has 0 aromatic carbocycles. The Hall–Kier alpha value is -0.680. The van der Waals surface area contributed by atoms with Crippen molar-refractivity contribution in [1.82, 2.24) is 9.97 Å². The van der Waals surface area contributed by atoms with Crippen LogP contribution in [0.2, 0.25) is 0 Å². The Morgan fingerprint density at radius 3 is 2.89 bits per heavy atom. The maximum atomic E-state index is 4.74. The van der Waals surface area contributed by atoms with Gasteiger partial charge in [-0.25, -0.2) is 9.97 Å². The number of thioether (sulfide) groups is 1. The zero-order valence-electron chi connectivity index (χ0n) is 11.4. The summed E-state index contributed by atoms with van der Waals surface area (Å²) in [4.78, 5) is 10.6.